The highest BCUT2D eigenvalue weighted by molar-refractivity contribution is 7.89. The van der Waals surface area contributed by atoms with Crippen LogP contribution >= 0.6 is 0 Å². The van der Waals surface area contributed by atoms with Crippen LogP contribution < -0.4 is 14.4 Å². The van der Waals surface area contributed by atoms with E-state index in [4.69, 9.17) is 4.74 Å². The van der Waals surface area contributed by atoms with Crippen LogP contribution in [0.4, 0.5) is 5.69 Å². The molecular weight excluding hydrogens is 336 g/mol. The van der Waals surface area contributed by atoms with E-state index in [1.165, 1.54) is 5.69 Å². The number of nitrogens with one attached hydrogen (secondary N) is 1. The molecule has 0 bridgehead atoms. The molecule has 1 atom stereocenters. The number of rotatable bonds is 7. The Labute approximate surface area is 149 Å². The molecule has 1 saturated heterocycles. The maximum Gasteiger partial charge on any atom is 0.240 e. The van der Waals surface area contributed by atoms with Gasteiger partial charge in [0.2, 0.25) is 10.0 Å². The molecule has 0 amide bonds. The van der Waals surface area contributed by atoms with Gasteiger partial charge in [-0.05, 0) is 55.7 Å². The first-order valence-corrected chi connectivity index (χ1v) is 10.1. The van der Waals surface area contributed by atoms with Gasteiger partial charge in [0, 0.05) is 25.3 Å². The van der Waals surface area contributed by atoms with E-state index in [1.54, 1.807) is 24.3 Å². The van der Waals surface area contributed by atoms with Crippen molar-refractivity contribution in [3.63, 3.8) is 0 Å². The minimum atomic E-state index is -3.49. The summed E-state index contributed by atoms with van der Waals surface area (Å²) >= 11 is 0. The van der Waals surface area contributed by atoms with Crippen LogP contribution in [0.5, 0.6) is 5.75 Å². The van der Waals surface area contributed by atoms with Crippen molar-refractivity contribution in [1.82, 2.24) is 4.72 Å². The molecule has 0 spiro atoms. The summed E-state index contributed by atoms with van der Waals surface area (Å²) in [5.41, 5.74) is 1.19. The Morgan fingerprint density at radius 3 is 2.52 bits per heavy atom. The maximum absolute atomic E-state index is 12.4. The first-order valence-electron chi connectivity index (χ1n) is 8.61. The Bertz CT molecular complexity index is 776. The van der Waals surface area contributed by atoms with Gasteiger partial charge in [-0.3, -0.25) is 0 Å². The summed E-state index contributed by atoms with van der Waals surface area (Å²) in [4.78, 5) is 2.57. The van der Waals surface area contributed by atoms with Gasteiger partial charge in [0.25, 0.3) is 0 Å². The third-order valence-corrected chi connectivity index (χ3v) is 5.85. The number of ether oxygens (including phenoxy) is 1. The topological polar surface area (TPSA) is 58.6 Å². The Balaban J connectivity index is 1.56. The molecule has 0 radical (unpaired) electrons. The second kappa shape index (κ2) is 7.89. The molecule has 3 rings (SSSR count). The van der Waals surface area contributed by atoms with Gasteiger partial charge < -0.3 is 9.64 Å². The predicted molar refractivity (Wildman–Crippen MR) is 99.6 cm³/mol. The smallest absolute Gasteiger partial charge is 0.240 e. The molecule has 1 aliphatic rings. The van der Waals surface area contributed by atoms with Crippen molar-refractivity contribution >= 4 is 15.7 Å². The highest BCUT2D eigenvalue weighted by atomic mass is 32.2. The zero-order valence-corrected chi connectivity index (χ0v) is 15.2. The van der Waals surface area contributed by atoms with Crippen molar-refractivity contribution in [3.05, 3.63) is 54.6 Å². The molecule has 1 unspecified atom stereocenters. The molecule has 1 N–H and O–H groups in total. The SMILES string of the molecule is CCOc1ccc(S(=O)(=O)NCC2CCN(c3ccccc3)C2)cc1. The van der Waals surface area contributed by atoms with Gasteiger partial charge in [-0.25, -0.2) is 13.1 Å². The van der Waals surface area contributed by atoms with Gasteiger partial charge in [0.15, 0.2) is 0 Å². The summed E-state index contributed by atoms with van der Waals surface area (Å²) in [6.07, 6.45) is 0.987. The van der Waals surface area contributed by atoms with Crippen LogP contribution in [0.15, 0.2) is 59.5 Å². The molecule has 1 aliphatic heterocycles. The average molecular weight is 360 g/mol. The van der Waals surface area contributed by atoms with Crippen molar-refractivity contribution in [3.8, 4) is 5.75 Å². The maximum atomic E-state index is 12.4. The molecule has 5 nitrogen and oxygen atoms in total. The Kier molecular flexibility index (Phi) is 5.60. The van der Waals surface area contributed by atoms with Crippen LogP contribution in [-0.4, -0.2) is 34.7 Å². The number of anilines is 1. The molecule has 25 heavy (non-hydrogen) atoms. The predicted octanol–water partition coefficient (Wildman–Crippen LogP) is 2.89. The summed E-state index contributed by atoms with van der Waals surface area (Å²) in [6, 6.07) is 16.8. The van der Waals surface area contributed by atoms with E-state index in [1.807, 2.05) is 25.1 Å². The highest BCUT2D eigenvalue weighted by Gasteiger charge is 2.24. The minimum Gasteiger partial charge on any atom is -0.494 e. The third kappa shape index (κ3) is 4.52. The second-order valence-electron chi connectivity index (χ2n) is 6.19. The van der Waals surface area contributed by atoms with E-state index in [9.17, 15) is 8.42 Å². The molecule has 2 aromatic rings. The molecule has 1 heterocycles. The third-order valence-electron chi connectivity index (χ3n) is 4.41. The van der Waals surface area contributed by atoms with E-state index < -0.39 is 10.0 Å². The van der Waals surface area contributed by atoms with Gasteiger partial charge in [0.1, 0.15) is 5.75 Å². The van der Waals surface area contributed by atoms with Crippen LogP contribution in [0.3, 0.4) is 0 Å². The van der Waals surface area contributed by atoms with Gasteiger partial charge in [-0.15, -0.1) is 0 Å². The summed E-state index contributed by atoms with van der Waals surface area (Å²) in [7, 11) is -3.49. The monoisotopic (exact) mass is 360 g/mol. The van der Waals surface area contributed by atoms with Crippen LogP contribution in [0.1, 0.15) is 13.3 Å². The first kappa shape index (κ1) is 17.8. The van der Waals surface area contributed by atoms with E-state index in [2.05, 4.69) is 21.8 Å². The first-order chi connectivity index (χ1) is 12.1. The van der Waals surface area contributed by atoms with Gasteiger partial charge >= 0.3 is 0 Å². The average Bonchev–Trinajstić information content (AvgIpc) is 3.11. The molecule has 134 valence electrons. The number of sulfonamides is 1. The number of nitrogens with zero attached hydrogens (tertiary/aromatic N) is 1. The summed E-state index contributed by atoms with van der Waals surface area (Å²) in [5, 5.41) is 0. The summed E-state index contributed by atoms with van der Waals surface area (Å²) < 4.78 is 33.0. The van der Waals surface area contributed by atoms with Crippen molar-refractivity contribution in [2.45, 2.75) is 18.2 Å². The lowest BCUT2D eigenvalue weighted by atomic mass is 10.1. The van der Waals surface area contributed by atoms with E-state index >= 15 is 0 Å². The summed E-state index contributed by atoms with van der Waals surface area (Å²) in [6.45, 7) is 4.74. The fraction of sp³-hybridized carbons (Fsp3) is 0.368. The Morgan fingerprint density at radius 2 is 1.84 bits per heavy atom. The lowest BCUT2D eigenvalue weighted by molar-refractivity contribution is 0.340. The quantitative estimate of drug-likeness (QED) is 0.825. The molecule has 1 fully saturated rings. The Hall–Kier alpha value is -2.05. The fourth-order valence-electron chi connectivity index (χ4n) is 3.07. The summed E-state index contributed by atoms with van der Waals surface area (Å²) in [5.74, 6) is 0.994. The normalized spacial score (nSPS) is 17.6. The molecular formula is C19H24N2O3S. The highest BCUT2D eigenvalue weighted by Crippen LogP contribution is 2.23. The number of hydrogen-bond acceptors (Lipinski definition) is 4. The number of benzene rings is 2. The molecule has 0 saturated carbocycles. The van der Waals surface area contributed by atoms with Crippen LogP contribution in [0.2, 0.25) is 0 Å². The number of hydrogen-bond donors (Lipinski definition) is 1. The van der Waals surface area contributed by atoms with Gasteiger partial charge in [-0.1, -0.05) is 18.2 Å². The lowest BCUT2D eigenvalue weighted by Crippen LogP contribution is -2.31. The standard InChI is InChI=1S/C19H24N2O3S/c1-2-24-18-8-10-19(11-9-18)25(22,23)20-14-16-12-13-21(15-16)17-6-4-3-5-7-17/h3-11,16,20H,2,12-15H2,1H3. The fourth-order valence-corrected chi connectivity index (χ4v) is 4.18. The van der Waals surface area contributed by atoms with E-state index in [-0.39, 0.29) is 4.90 Å². The molecule has 2 aromatic carbocycles. The number of para-hydroxylation sites is 1. The van der Waals surface area contributed by atoms with E-state index in [0.717, 1.165) is 19.5 Å². The Morgan fingerprint density at radius 1 is 1.12 bits per heavy atom. The van der Waals surface area contributed by atoms with Crippen LogP contribution in [0, 0.1) is 5.92 Å². The van der Waals surface area contributed by atoms with Gasteiger partial charge in [0.05, 0.1) is 11.5 Å². The van der Waals surface area contributed by atoms with Crippen molar-refractivity contribution in [2.75, 3.05) is 31.1 Å². The zero-order chi connectivity index (χ0) is 17.7. The van der Waals surface area contributed by atoms with E-state index in [0.29, 0.717) is 24.8 Å². The van der Waals surface area contributed by atoms with Crippen LogP contribution in [0.25, 0.3) is 0 Å². The van der Waals surface area contributed by atoms with Crippen LogP contribution in [-0.2, 0) is 10.0 Å². The molecule has 0 aliphatic carbocycles. The van der Waals surface area contributed by atoms with Gasteiger partial charge in [-0.2, -0.15) is 0 Å². The second-order valence-corrected chi connectivity index (χ2v) is 7.96. The minimum absolute atomic E-state index is 0.272. The van der Waals surface area contributed by atoms with Crippen molar-refractivity contribution in [1.29, 1.82) is 0 Å². The van der Waals surface area contributed by atoms with Crippen molar-refractivity contribution < 1.29 is 13.2 Å². The van der Waals surface area contributed by atoms with Crippen molar-refractivity contribution in [2.24, 2.45) is 5.92 Å². The largest absolute Gasteiger partial charge is 0.494 e. The zero-order valence-electron chi connectivity index (χ0n) is 14.4. The molecule has 6 heteroatoms. The lowest BCUT2D eigenvalue weighted by Gasteiger charge is -2.18. The molecule has 0 aromatic heterocycles.